The lowest BCUT2D eigenvalue weighted by Crippen LogP contribution is -2.24. The second kappa shape index (κ2) is 13.1. The molecule has 0 spiro atoms. The molecule has 1 N–H and O–H groups in total. The Labute approximate surface area is 220 Å². The molecule has 4 aromatic rings. The van der Waals surface area contributed by atoms with E-state index in [0.717, 1.165) is 79.9 Å². The Balaban J connectivity index is 1.23. The van der Waals surface area contributed by atoms with Gasteiger partial charge in [-0.25, -0.2) is 4.98 Å². The van der Waals surface area contributed by atoms with Crippen molar-refractivity contribution in [2.45, 2.75) is 65.8 Å². The SMILES string of the molecule is Cc1ccc(C(=O)NCCCCCc2nc3ccccc3n2CCCCOc2c(C)cccc2C)cc1. The van der Waals surface area contributed by atoms with Gasteiger partial charge in [-0.2, -0.15) is 0 Å². The van der Waals surface area contributed by atoms with Crippen LogP contribution in [0.1, 0.15) is 65.0 Å². The molecular weight excluding hydrogens is 458 g/mol. The molecule has 37 heavy (non-hydrogen) atoms. The number of imidazole rings is 1. The van der Waals surface area contributed by atoms with E-state index in [9.17, 15) is 4.79 Å². The zero-order valence-corrected chi connectivity index (χ0v) is 22.4. The zero-order valence-electron chi connectivity index (χ0n) is 22.4. The van der Waals surface area contributed by atoms with Gasteiger partial charge in [0.05, 0.1) is 17.6 Å². The molecule has 5 heteroatoms. The van der Waals surface area contributed by atoms with Gasteiger partial charge < -0.3 is 14.6 Å². The molecule has 0 saturated carbocycles. The van der Waals surface area contributed by atoms with Gasteiger partial charge in [-0.15, -0.1) is 0 Å². The maximum Gasteiger partial charge on any atom is 0.251 e. The number of para-hydroxylation sites is 3. The highest BCUT2D eigenvalue weighted by molar-refractivity contribution is 5.94. The summed E-state index contributed by atoms with van der Waals surface area (Å²) in [5, 5.41) is 3.04. The van der Waals surface area contributed by atoms with Crippen LogP contribution in [0.5, 0.6) is 5.75 Å². The summed E-state index contributed by atoms with van der Waals surface area (Å²) in [4.78, 5) is 17.2. The number of carbonyl (C=O) groups excluding carboxylic acids is 1. The van der Waals surface area contributed by atoms with Gasteiger partial charge in [-0.3, -0.25) is 4.79 Å². The summed E-state index contributed by atoms with van der Waals surface area (Å²) in [6, 6.07) is 22.4. The van der Waals surface area contributed by atoms with Crippen molar-refractivity contribution in [2.24, 2.45) is 0 Å². The minimum absolute atomic E-state index is 0.00311. The average Bonchev–Trinajstić information content (AvgIpc) is 3.25. The van der Waals surface area contributed by atoms with Crippen LogP contribution in [-0.4, -0.2) is 28.6 Å². The molecule has 0 radical (unpaired) electrons. The first-order valence-corrected chi connectivity index (χ1v) is 13.5. The number of ether oxygens (including phenoxy) is 1. The molecule has 4 rings (SSSR count). The van der Waals surface area contributed by atoms with Crippen LogP contribution in [0.15, 0.2) is 66.7 Å². The first-order valence-electron chi connectivity index (χ1n) is 13.5. The van der Waals surface area contributed by atoms with E-state index < -0.39 is 0 Å². The van der Waals surface area contributed by atoms with E-state index >= 15 is 0 Å². The number of aromatic nitrogens is 2. The number of nitrogens with zero attached hydrogens (tertiary/aromatic N) is 2. The maximum atomic E-state index is 12.3. The van der Waals surface area contributed by atoms with Crippen LogP contribution in [0, 0.1) is 20.8 Å². The Morgan fingerprint density at radius 1 is 0.838 bits per heavy atom. The van der Waals surface area contributed by atoms with E-state index in [1.54, 1.807) is 0 Å². The molecule has 5 nitrogen and oxygen atoms in total. The molecule has 0 atom stereocenters. The zero-order chi connectivity index (χ0) is 26.0. The van der Waals surface area contributed by atoms with E-state index in [0.29, 0.717) is 6.54 Å². The van der Waals surface area contributed by atoms with Crippen LogP contribution in [0.3, 0.4) is 0 Å². The highest BCUT2D eigenvalue weighted by Gasteiger charge is 2.11. The number of aryl methyl sites for hydroxylation is 5. The third kappa shape index (κ3) is 7.22. The summed E-state index contributed by atoms with van der Waals surface area (Å²) in [5.41, 5.74) is 6.54. The van der Waals surface area contributed by atoms with Crippen molar-refractivity contribution in [1.29, 1.82) is 0 Å². The molecule has 0 aliphatic rings. The minimum atomic E-state index is 0.00311. The van der Waals surface area contributed by atoms with Crippen molar-refractivity contribution >= 4 is 16.9 Å². The molecule has 1 amide bonds. The molecule has 3 aromatic carbocycles. The van der Waals surface area contributed by atoms with Gasteiger partial charge in [0, 0.05) is 25.1 Å². The van der Waals surface area contributed by atoms with Gasteiger partial charge in [0.15, 0.2) is 0 Å². The summed E-state index contributed by atoms with van der Waals surface area (Å²) < 4.78 is 8.48. The molecule has 0 aliphatic carbocycles. The van der Waals surface area contributed by atoms with Gasteiger partial charge in [-0.1, -0.05) is 54.4 Å². The summed E-state index contributed by atoms with van der Waals surface area (Å²) in [7, 11) is 0. The van der Waals surface area contributed by atoms with Crippen molar-refractivity contribution in [1.82, 2.24) is 14.9 Å². The van der Waals surface area contributed by atoms with Gasteiger partial charge >= 0.3 is 0 Å². The first-order chi connectivity index (χ1) is 18.0. The molecule has 0 aliphatic heterocycles. The molecule has 0 saturated heterocycles. The summed E-state index contributed by atoms with van der Waals surface area (Å²) in [6.07, 6.45) is 6.07. The number of hydrogen-bond acceptors (Lipinski definition) is 3. The van der Waals surface area contributed by atoms with Crippen molar-refractivity contribution in [3.63, 3.8) is 0 Å². The summed E-state index contributed by atoms with van der Waals surface area (Å²) >= 11 is 0. The predicted octanol–water partition coefficient (Wildman–Crippen LogP) is 6.96. The Morgan fingerprint density at radius 3 is 2.38 bits per heavy atom. The van der Waals surface area contributed by atoms with Crippen molar-refractivity contribution in [2.75, 3.05) is 13.2 Å². The highest BCUT2D eigenvalue weighted by atomic mass is 16.5. The van der Waals surface area contributed by atoms with Crippen molar-refractivity contribution in [3.05, 3.63) is 94.8 Å². The van der Waals surface area contributed by atoms with Crippen LogP contribution in [0.2, 0.25) is 0 Å². The minimum Gasteiger partial charge on any atom is -0.493 e. The molecule has 0 unspecified atom stereocenters. The fraction of sp³-hybridized carbons (Fsp3) is 0.375. The molecule has 1 aromatic heterocycles. The van der Waals surface area contributed by atoms with Crippen LogP contribution in [0.25, 0.3) is 11.0 Å². The lowest BCUT2D eigenvalue weighted by molar-refractivity contribution is 0.0953. The van der Waals surface area contributed by atoms with Gasteiger partial charge in [-0.05, 0) is 81.8 Å². The lowest BCUT2D eigenvalue weighted by Gasteiger charge is -2.13. The number of carbonyl (C=O) groups is 1. The fourth-order valence-electron chi connectivity index (χ4n) is 4.73. The van der Waals surface area contributed by atoms with Crippen molar-refractivity contribution < 1.29 is 9.53 Å². The maximum absolute atomic E-state index is 12.3. The largest absolute Gasteiger partial charge is 0.493 e. The average molecular weight is 498 g/mol. The predicted molar refractivity (Wildman–Crippen MR) is 151 cm³/mol. The number of benzene rings is 3. The van der Waals surface area contributed by atoms with E-state index in [4.69, 9.17) is 9.72 Å². The Kier molecular flexibility index (Phi) is 9.36. The summed E-state index contributed by atoms with van der Waals surface area (Å²) in [6.45, 7) is 8.59. The Morgan fingerprint density at radius 2 is 1.59 bits per heavy atom. The second-order valence-electron chi connectivity index (χ2n) is 9.88. The highest BCUT2D eigenvalue weighted by Crippen LogP contribution is 2.23. The van der Waals surface area contributed by atoms with E-state index in [-0.39, 0.29) is 5.91 Å². The second-order valence-corrected chi connectivity index (χ2v) is 9.88. The van der Waals surface area contributed by atoms with Crippen LogP contribution in [-0.2, 0) is 13.0 Å². The number of fused-ring (bicyclic) bond motifs is 1. The lowest BCUT2D eigenvalue weighted by atomic mass is 10.1. The van der Waals surface area contributed by atoms with Gasteiger partial charge in [0.2, 0.25) is 0 Å². The standard InChI is InChI=1S/C32H39N3O2/c1-24-17-19-27(20-18-24)32(36)33-21-8-4-5-16-30-34-28-14-6-7-15-29(28)35(30)22-9-10-23-37-31-25(2)12-11-13-26(31)3/h6-7,11-15,17-20H,4-5,8-10,16,21-23H2,1-3H3,(H,33,36). The molecule has 0 bridgehead atoms. The van der Waals surface area contributed by atoms with Gasteiger partial charge in [0.1, 0.15) is 11.6 Å². The van der Waals surface area contributed by atoms with Crippen LogP contribution in [0.4, 0.5) is 0 Å². The van der Waals surface area contributed by atoms with E-state index in [1.165, 1.54) is 16.6 Å². The molecule has 194 valence electrons. The molecule has 0 fully saturated rings. The monoisotopic (exact) mass is 497 g/mol. The summed E-state index contributed by atoms with van der Waals surface area (Å²) in [5.74, 6) is 2.18. The Bertz CT molecular complexity index is 1290. The number of amides is 1. The third-order valence-corrected chi connectivity index (χ3v) is 6.84. The smallest absolute Gasteiger partial charge is 0.251 e. The molecule has 1 heterocycles. The molecular formula is C32H39N3O2. The topological polar surface area (TPSA) is 56.2 Å². The van der Waals surface area contributed by atoms with E-state index in [2.05, 4.69) is 66.2 Å². The first kappa shape index (κ1) is 26.5. The number of unbranched alkanes of at least 4 members (excludes halogenated alkanes) is 3. The number of rotatable bonds is 13. The van der Waals surface area contributed by atoms with Crippen LogP contribution >= 0.6 is 0 Å². The Hall–Kier alpha value is -3.60. The quantitative estimate of drug-likeness (QED) is 0.203. The van der Waals surface area contributed by atoms with Crippen molar-refractivity contribution in [3.8, 4) is 5.75 Å². The number of hydrogen-bond donors (Lipinski definition) is 1. The normalized spacial score (nSPS) is 11.1. The number of nitrogens with one attached hydrogen (secondary N) is 1. The van der Waals surface area contributed by atoms with E-state index in [1.807, 2.05) is 31.2 Å². The van der Waals surface area contributed by atoms with Gasteiger partial charge in [0.25, 0.3) is 5.91 Å². The van der Waals surface area contributed by atoms with Crippen LogP contribution < -0.4 is 10.1 Å². The third-order valence-electron chi connectivity index (χ3n) is 6.84. The fourth-order valence-corrected chi connectivity index (χ4v) is 4.73.